The molecule has 2 aromatic carbocycles. The second-order valence-corrected chi connectivity index (χ2v) is 8.57. The average molecular weight is 433 g/mol. The molecule has 4 N–H and O–H groups in total. The maximum atomic E-state index is 11.5. The van der Waals surface area contributed by atoms with Crippen LogP contribution in [-0.4, -0.2) is 23.5 Å². The predicted molar refractivity (Wildman–Crippen MR) is 117 cm³/mol. The van der Waals surface area contributed by atoms with Crippen molar-refractivity contribution in [3.05, 3.63) is 63.8 Å². The van der Waals surface area contributed by atoms with Gasteiger partial charge in [-0.25, -0.2) is 4.98 Å². The summed E-state index contributed by atoms with van der Waals surface area (Å²) in [5.74, 6) is 0.0368. The lowest BCUT2D eigenvalue weighted by Crippen LogP contribution is -2.31. The number of nitrogens with zero attached hydrogens (tertiary/aromatic N) is 1. The molecular weight excluding hydrogens is 415 g/mol. The van der Waals surface area contributed by atoms with Crippen molar-refractivity contribution >= 4 is 51.3 Å². The minimum absolute atomic E-state index is 0.0368. The summed E-state index contributed by atoms with van der Waals surface area (Å²) in [6.45, 7) is 0.593. The lowest BCUT2D eigenvalue weighted by atomic mass is 10.1. The Morgan fingerprint density at radius 1 is 1.21 bits per heavy atom. The van der Waals surface area contributed by atoms with Crippen LogP contribution in [0.25, 0.3) is 10.4 Å². The lowest BCUT2D eigenvalue weighted by Gasteiger charge is -2.12. The van der Waals surface area contributed by atoms with Gasteiger partial charge in [0.2, 0.25) is 5.91 Å². The zero-order valence-electron chi connectivity index (χ0n) is 14.8. The van der Waals surface area contributed by atoms with Gasteiger partial charge in [-0.05, 0) is 47.4 Å². The molecule has 0 radical (unpaired) electrons. The summed E-state index contributed by atoms with van der Waals surface area (Å²) >= 11 is 13.6. The number of anilines is 2. The van der Waals surface area contributed by atoms with Gasteiger partial charge in [-0.3, -0.25) is 4.79 Å². The van der Waals surface area contributed by atoms with E-state index in [2.05, 4.69) is 15.6 Å². The molecule has 3 aromatic rings. The standard InChI is InChI=1S/C20H18Cl2N4OS/c21-15-3-1-11(6-16(15)22)5-14(23)9-24-20-25-10-18(28-20)12-2-4-17-13(7-12)8-19(27)26-17/h1-4,6-7,10,14H,5,8-9,23H2,(H,24,25)(H,26,27). The maximum absolute atomic E-state index is 11.5. The lowest BCUT2D eigenvalue weighted by molar-refractivity contribution is -0.115. The fourth-order valence-corrected chi connectivity index (χ4v) is 4.27. The van der Waals surface area contributed by atoms with Gasteiger partial charge in [0.25, 0.3) is 0 Å². The van der Waals surface area contributed by atoms with Gasteiger partial charge in [0, 0.05) is 24.5 Å². The second-order valence-electron chi connectivity index (χ2n) is 6.72. The molecule has 0 bridgehead atoms. The van der Waals surface area contributed by atoms with E-state index in [1.165, 1.54) is 0 Å². The first-order chi connectivity index (χ1) is 13.5. The molecule has 4 rings (SSSR count). The molecular formula is C20H18Cl2N4OS. The van der Waals surface area contributed by atoms with Crippen LogP contribution < -0.4 is 16.4 Å². The quantitative estimate of drug-likeness (QED) is 0.531. The predicted octanol–water partition coefficient (Wildman–Crippen LogP) is 4.59. The van der Waals surface area contributed by atoms with Crippen molar-refractivity contribution in [2.75, 3.05) is 17.2 Å². The third-order valence-corrected chi connectivity index (χ3v) is 6.26. The fourth-order valence-electron chi connectivity index (χ4n) is 3.13. The molecule has 144 valence electrons. The van der Waals surface area contributed by atoms with Gasteiger partial charge in [0.05, 0.1) is 21.3 Å². The highest BCUT2D eigenvalue weighted by molar-refractivity contribution is 7.18. The number of thiazole rings is 1. The Morgan fingerprint density at radius 3 is 2.89 bits per heavy atom. The third kappa shape index (κ3) is 4.31. The first-order valence-corrected chi connectivity index (χ1v) is 10.4. The number of hydrogen-bond donors (Lipinski definition) is 3. The Balaban J connectivity index is 1.36. The first kappa shape index (κ1) is 19.2. The smallest absolute Gasteiger partial charge is 0.228 e. The molecule has 8 heteroatoms. The van der Waals surface area contributed by atoms with E-state index in [-0.39, 0.29) is 11.9 Å². The summed E-state index contributed by atoms with van der Waals surface area (Å²) in [6.07, 6.45) is 2.95. The van der Waals surface area contributed by atoms with Crippen molar-refractivity contribution in [2.45, 2.75) is 18.9 Å². The number of nitrogens with one attached hydrogen (secondary N) is 2. The second kappa shape index (κ2) is 8.09. The number of fused-ring (bicyclic) bond motifs is 1. The molecule has 1 aliphatic rings. The molecule has 2 heterocycles. The van der Waals surface area contributed by atoms with Crippen molar-refractivity contribution in [1.82, 2.24) is 4.98 Å². The molecule has 0 saturated carbocycles. The van der Waals surface area contributed by atoms with Crippen LogP contribution in [0, 0.1) is 0 Å². The minimum atomic E-state index is -0.0818. The van der Waals surface area contributed by atoms with Gasteiger partial charge in [-0.2, -0.15) is 0 Å². The molecule has 1 aromatic heterocycles. The molecule has 0 aliphatic carbocycles. The van der Waals surface area contributed by atoms with E-state index in [9.17, 15) is 4.79 Å². The van der Waals surface area contributed by atoms with Crippen LogP contribution in [0.5, 0.6) is 0 Å². The summed E-state index contributed by atoms with van der Waals surface area (Å²) in [4.78, 5) is 17.0. The van der Waals surface area contributed by atoms with E-state index in [1.54, 1.807) is 17.4 Å². The molecule has 5 nitrogen and oxygen atoms in total. The van der Waals surface area contributed by atoms with E-state index in [0.717, 1.165) is 32.4 Å². The van der Waals surface area contributed by atoms with Crippen molar-refractivity contribution < 1.29 is 4.79 Å². The van der Waals surface area contributed by atoms with Crippen LogP contribution in [-0.2, 0) is 17.6 Å². The number of hydrogen-bond acceptors (Lipinski definition) is 5. The Hall–Kier alpha value is -2.12. The van der Waals surface area contributed by atoms with Crippen LogP contribution in [0.2, 0.25) is 10.0 Å². The van der Waals surface area contributed by atoms with Gasteiger partial charge in [0.1, 0.15) is 0 Å². The maximum Gasteiger partial charge on any atom is 0.228 e. The largest absolute Gasteiger partial charge is 0.360 e. The molecule has 1 unspecified atom stereocenters. The molecule has 1 aliphatic heterocycles. The number of rotatable bonds is 6. The highest BCUT2D eigenvalue weighted by atomic mass is 35.5. The number of aromatic nitrogens is 1. The van der Waals surface area contributed by atoms with Crippen LogP contribution in [0.3, 0.4) is 0 Å². The van der Waals surface area contributed by atoms with Crippen molar-refractivity contribution in [3.63, 3.8) is 0 Å². The summed E-state index contributed by atoms with van der Waals surface area (Å²) in [5, 5.41) is 8.04. The number of carbonyl (C=O) groups is 1. The zero-order valence-corrected chi connectivity index (χ0v) is 17.2. The SMILES string of the molecule is NC(CNc1ncc(-c2ccc3c(c2)CC(=O)N3)s1)Cc1ccc(Cl)c(Cl)c1. The van der Waals surface area contributed by atoms with E-state index in [0.29, 0.717) is 29.4 Å². The highest BCUT2D eigenvalue weighted by Gasteiger charge is 2.18. The summed E-state index contributed by atoms with van der Waals surface area (Å²) in [6, 6.07) is 11.5. The number of nitrogens with two attached hydrogens (primary N) is 1. The third-order valence-electron chi connectivity index (χ3n) is 4.52. The fraction of sp³-hybridized carbons (Fsp3) is 0.200. The monoisotopic (exact) mass is 432 g/mol. The summed E-state index contributed by atoms with van der Waals surface area (Å²) in [5.41, 5.74) is 10.3. The molecule has 0 spiro atoms. The number of benzene rings is 2. The first-order valence-electron chi connectivity index (χ1n) is 8.80. The Bertz CT molecular complexity index is 1040. The van der Waals surface area contributed by atoms with Crippen molar-refractivity contribution in [3.8, 4) is 10.4 Å². The zero-order chi connectivity index (χ0) is 19.7. The number of halogens is 2. The highest BCUT2D eigenvalue weighted by Crippen LogP contribution is 2.33. The molecule has 0 fully saturated rings. The van der Waals surface area contributed by atoms with E-state index in [4.69, 9.17) is 28.9 Å². The molecule has 1 amide bonds. The van der Waals surface area contributed by atoms with Gasteiger partial charge in [-0.15, -0.1) is 0 Å². The van der Waals surface area contributed by atoms with Crippen molar-refractivity contribution in [1.29, 1.82) is 0 Å². The number of carbonyl (C=O) groups excluding carboxylic acids is 1. The van der Waals surface area contributed by atoms with Gasteiger partial charge >= 0.3 is 0 Å². The van der Waals surface area contributed by atoms with Gasteiger partial charge in [-0.1, -0.05) is 46.7 Å². The van der Waals surface area contributed by atoms with Crippen LogP contribution in [0.4, 0.5) is 10.8 Å². The topological polar surface area (TPSA) is 80.0 Å². The average Bonchev–Trinajstić information content (AvgIpc) is 3.28. The minimum Gasteiger partial charge on any atom is -0.360 e. The van der Waals surface area contributed by atoms with Gasteiger partial charge < -0.3 is 16.4 Å². The van der Waals surface area contributed by atoms with E-state index < -0.39 is 0 Å². The summed E-state index contributed by atoms with van der Waals surface area (Å²) in [7, 11) is 0. The molecule has 0 saturated heterocycles. The normalized spacial score (nSPS) is 13.9. The summed E-state index contributed by atoms with van der Waals surface area (Å²) < 4.78 is 0. The van der Waals surface area contributed by atoms with Crippen LogP contribution >= 0.6 is 34.5 Å². The Morgan fingerprint density at radius 2 is 2.07 bits per heavy atom. The van der Waals surface area contributed by atoms with E-state index in [1.807, 2.05) is 36.5 Å². The molecule has 1 atom stereocenters. The van der Waals surface area contributed by atoms with E-state index >= 15 is 0 Å². The van der Waals surface area contributed by atoms with Crippen LogP contribution in [0.15, 0.2) is 42.6 Å². The Kier molecular flexibility index (Phi) is 5.55. The number of amides is 1. The van der Waals surface area contributed by atoms with Gasteiger partial charge in [0.15, 0.2) is 5.13 Å². The van der Waals surface area contributed by atoms with Crippen LogP contribution in [0.1, 0.15) is 11.1 Å². The molecule has 28 heavy (non-hydrogen) atoms. The Labute approximate surface area is 176 Å². The van der Waals surface area contributed by atoms with Crippen molar-refractivity contribution in [2.24, 2.45) is 5.73 Å².